The number of aromatic nitrogens is 1. The van der Waals surface area contributed by atoms with Gasteiger partial charge < -0.3 is 0 Å². The van der Waals surface area contributed by atoms with E-state index in [1.165, 1.54) is 6.20 Å². The quantitative estimate of drug-likeness (QED) is 0.747. The average Bonchev–Trinajstić information content (AvgIpc) is 2.08. The van der Waals surface area contributed by atoms with Crippen LogP contribution >= 0.6 is 22.6 Å². The van der Waals surface area contributed by atoms with Gasteiger partial charge in [-0.25, -0.2) is 8.78 Å². The number of halogens is 3. The summed E-state index contributed by atoms with van der Waals surface area (Å²) in [6.07, 6.45) is -1.44. The number of hydrogen-bond acceptors (Lipinski definition) is 2. The molecule has 0 atom stereocenters. The molecule has 0 unspecified atom stereocenters. The van der Waals surface area contributed by atoms with Crippen molar-refractivity contribution >= 4 is 22.6 Å². The third kappa shape index (κ3) is 1.94. The maximum absolute atomic E-state index is 12.5. The Labute approximate surface area is 87.7 Å². The summed E-state index contributed by atoms with van der Waals surface area (Å²) >= 11 is 1.78. The van der Waals surface area contributed by atoms with Crippen molar-refractivity contribution in [1.82, 2.24) is 4.98 Å². The molecule has 0 aliphatic heterocycles. The molecule has 0 amide bonds. The summed E-state index contributed by atoms with van der Waals surface area (Å²) < 4.78 is 25.3. The van der Waals surface area contributed by atoms with Crippen LogP contribution in [0, 0.1) is 21.8 Å². The van der Waals surface area contributed by atoms with Crippen molar-refractivity contribution in [3.63, 3.8) is 0 Å². The van der Waals surface area contributed by atoms with Crippen LogP contribution in [-0.4, -0.2) is 4.98 Å². The standard InChI is InChI=1S/C8H5F2IN2/c1-4-7(11)6(8(9)10)5(2-12)3-13-4/h3,8H,1H3. The molecule has 2 nitrogen and oxygen atoms in total. The minimum atomic E-state index is -2.62. The number of rotatable bonds is 1. The summed E-state index contributed by atoms with van der Waals surface area (Å²) in [6.45, 7) is 1.63. The Bertz CT molecular complexity index is 371. The fourth-order valence-electron chi connectivity index (χ4n) is 0.903. The molecule has 1 aromatic heterocycles. The minimum absolute atomic E-state index is 0.0509. The first-order valence-corrected chi connectivity index (χ1v) is 4.49. The molecule has 0 fully saturated rings. The molecule has 1 aromatic rings. The highest BCUT2D eigenvalue weighted by atomic mass is 127. The average molecular weight is 294 g/mol. The number of nitrogens with zero attached hydrogens (tertiary/aromatic N) is 2. The van der Waals surface area contributed by atoms with Gasteiger partial charge >= 0.3 is 0 Å². The van der Waals surface area contributed by atoms with Crippen LogP contribution in [0.2, 0.25) is 0 Å². The van der Waals surface area contributed by atoms with Gasteiger partial charge in [0.15, 0.2) is 0 Å². The van der Waals surface area contributed by atoms with E-state index in [2.05, 4.69) is 4.98 Å². The van der Waals surface area contributed by atoms with E-state index in [1.807, 2.05) is 0 Å². The Morgan fingerprint density at radius 1 is 1.62 bits per heavy atom. The van der Waals surface area contributed by atoms with Crippen LogP contribution in [0.3, 0.4) is 0 Å². The Hall–Kier alpha value is -0.770. The topological polar surface area (TPSA) is 36.7 Å². The lowest BCUT2D eigenvalue weighted by molar-refractivity contribution is 0.150. The van der Waals surface area contributed by atoms with Crippen LogP contribution in [0.15, 0.2) is 6.20 Å². The SMILES string of the molecule is Cc1ncc(C#N)c(C(F)F)c1I. The molecule has 0 saturated heterocycles. The van der Waals surface area contributed by atoms with Crippen LogP contribution in [0.5, 0.6) is 0 Å². The molecule has 1 rings (SSSR count). The Morgan fingerprint density at radius 2 is 2.23 bits per heavy atom. The second-order valence-corrected chi connectivity index (χ2v) is 3.48. The molecule has 68 valence electrons. The number of nitriles is 1. The van der Waals surface area contributed by atoms with Gasteiger partial charge in [0.1, 0.15) is 6.07 Å². The van der Waals surface area contributed by atoms with Gasteiger partial charge in [0.05, 0.1) is 16.8 Å². The van der Waals surface area contributed by atoms with Crippen LogP contribution < -0.4 is 0 Å². The zero-order valence-electron chi connectivity index (χ0n) is 6.68. The largest absolute Gasteiger partial charge is 0.266 e. The number of hydrogen-bond donors (Lipinski definition) is 0. The highest BCUT2D eigenvalue weighted by molar-refractivity contribution is 14.1. The van der Waals surface area contributed by atoms with Gasteiger partial charge in [-0.15, -0.1) is 0 Å². The molecule has 5 heteroatoms. The lowest BCUT2D eigenvalue weighted by atomic mass is 10.1. The van der Waals surface area contributed by atoms with Crippen LogP contribution in [-0.2, 0) is 0 Å². The summed E-state index contributed by atoms with van der Waals surface area (Å²) in [4.78, 5) is 3.83. The van der Waals surface area contributed by atoms with E-state index in [0.29, 0.717) is 9.26 Å². The van der Waals surface area contributed by atoms with Gasteiger partial charge in [0.2, 0.25) is 0 Å². The summed E-state index contributed by atoms with van der Waals surface area (Å²) in [7, 11) is 0. The van der Waals surface area contributed by atoms with Gasteiger partial charge in [0, 0.05) is 9.77 Å². The molecule has 0 aromatic carbocycles. The first-order chi connectivity index (χ1) is 6.07. The van der Waals surface area contributed by atoms with Crippen molar-refractivity contribution < 1.29 is 8.78 Å². The van der Waals surface area contributed by atoms with E-state index >= 15 is 0 Å². The number of aryl methyl sites for hydroxylation is 1. The normalized spacial score (nSPS) is 10.2. The lowest BCUT2D eigenvalue weighted by Crippen LogP contribution is -1.99. The number of alkyl halides is 2. The number of pyridine rings is 1. The van der Waals surface area contributed by atoms with Gasteiger partial charge in [-0.1, -0.05) is 0 Å². The molecule has 0 radical (unpaired) electrons. The molecule has 0 N–H and O–H groups in total. The predicted molar refractivity (Wildman–Crippen MR) is 51.4 cm³/mol. The molecule has 0 aliphatic rings. The van der Waals surface area contributed by atoms with E-state index in [4.69, 9.17) is 5.26 Å². The monoisotopic (exact) mass is 294 g/mol. The van der Waals surface area contributed by atoms with Gasteiger partial charge in [-0.3, -0.25) is 4.98 Å². The third-order valence-electron chi connectivity index (χ3n) is 1.57. The highest BCUT2D eigenvalue weighted by Crippen LogP contribution is 2.28. The molecule has 0 spiro atoms. The van der Waals surface area contributed by atoms with E-state index < -0.39 is 6.43 Å². The summed E-state index contributed by atoms with van der Waals surface area (Å²) in [5.74, 6) is 0. The van der Waals surface area contributed by atoms with Gasteiger partial charge in [-0.05, 0) is 29.5 Å². The first kappa shape index (κ1) is 10.3. The van der Waals surface area contributed by atoms with Crippen molar-refractivity contribution in [1.29, 1.82) is 5.26 Å². The van der Waals surface area contributed by atoms with E-state index in [1.54, 1.807) is 35.6 Å². The van der Waals surface area contributed by atoms with Crippen molar-refractivity contribution in [2.24, 2.45) is 0 Å². The van der Waals surface area contributed by atoms with Crippen LogP contribution in [0.25, 0.3) is 0 Å². The Balaban J connectivity index is 3.43. The molecule has 1 heterocycles. The van der Waals surface area contributed by atoms with Crippen molar-refractivity contribution in [2.75, 3.05) is 0 Å². The van der Waals surface area contributed by atoms with Gasteiger partial charge in [0.25, 0.3) is 6.43 Å². The second-order valence-electron chi connectivity index (χ2n) is 2.40. The second kappa shape index (κ2) is 3.96. The van der Waals surface area contributed by atoms with Crippen molar-refractivity contribution in [3.05, 3.63) is 26.6 Å². The fourth-order valence-corrected chi connectivity index (χ4v) is 1.57. The minimum Gasteiger partial charge on any atom is -0.259 e. The van der Waals surface area contributed by atoms with Crippen LogP contribution in [0.4, 0.5) is 8.78 Å². The highest BCUT2D eigenvalue weighted by Gasteiger charge is 2.18. The molecule has 0 saturated carbocycles. The fraction of sp³-hybridized carbons (Fsp3) is 0.250. The van der Waals surface area contributed by atoms with E-state index in [-0.39, 0.29) is 11.1 Å². The zero-order chi connectivity index (χ0) is 10.0. The molecule has 0 bridgehead atoms. The summed E-state index contributed by atoms with van der Waals surface area (Å²) in [5, 5.41) is 8.56. The maximum Gasteiger partial charge on any atom is 0.266 e. The predicted octanol–water partition coefficient (Wildman–Crippen LogP) is 2.80. The smallest absolute Gasteiger partial charge is 0.259 e. The zero-order valence-corrected chi connectivity index (χ0v) is 8.84. The lowest BCUT2D eigenvalue weighted by Gasteiger charge is -2.06. The molecule has 13 heavy (non-hydrogen) atoms. The van der Waals surface area contributed by atoms with Crippen molar-refractivity contribution in [2.45, 2.75) is 13.3 Å². The molecule has 0 aliphatic carbocycles. The van der Waals surface area contributed by atoms with Crippen LogP contribution in [0.1, 0.15) is 23.2 Å². The van der Waals surface area contributed by atoms with Crippen molar-refractivity contribution in [3.8, 4) is 6.07 Å². The summed E-state index contributed by atoms with van der Waals surface area (Å²) in [5.41, 5.74) is 0.260. The van der Waals surface area contributed by atoms with E-state index in [0.717, 1.165) is 0 Å². The Morgan fingerprint density at radius 3 is 2.69 bits per heavy atom. The van der Waals surface area contributed by atoms with Gasteiger partial charge in [-0.2, -0.15) is 5.26 Å². The third-order valence-corrected chi connectivity index (χ3v) is 2.93. The first-order valence-electron chi connectivity index (χ1n) is 3.41. The summed E-state index contributed by atoms with van der Waals surface area (Å²) in [6, 6.07) is 1.70. The Kier molecular flexibility index (Phi) is 3.14. The maximum atomic E-state index is 12.5. The molecular weight excluding hydrogens is 289 g/mol. The van der Waals surface area contributed by atoms with E-state index in [9.17, 15) is 8.78 Å². The molecular formula is C8H5F2IN2.